The van der Waals surface area contributed by atoms with Gasteiger partial charge in [0, 0.05) is 24.9 Å². The highest BCUT2D eigenvalue weighted by atomic mass is 79.9. The van der Waals surface area contributed by atoms with Crippen LogP contribution in [0.4, 0.5) is 11.5 Å². The van der Waals surface area contributed by atoms with Crippen molar-refractivity contribution in [3.8, 4) is 11.5 Å². The molecule has 0 aliphatic rings. The summed E-state index contributed by atoms with van der Waals surface area (Å²) in [4.78, 5) is 14.4. The predicted octanol–water partition coefficient (Wildman–Crippen LogP) is 3.98. The number of nitrogens with one attached hydrogen (secondary N) is 1. The maximum absolute atomic E-state index is 10.8. The van der Waals surface area contributed by atoms with Crippen molar-refractivity contribution in [1.29, 1.82) is 0 Å². The fourth-order valence-corrected chi connectivity index (χ4v) is 1.89. The van der Waals surface area contributed by atoms with Crippen LogP contribution in [0, 0.1) is 10.1 Å². The fourth-order valence-electron chi connectivity index (χ4n) is 1.56. The molecule has 1 heterocycles. The van der Waals surface area contributed by atoms with Crippen LogP contribution in [0.15, 0.2) is 41.0 Å². The third-order valence-corrected chi connectivity index (χ3v) is 3.10. The summed E-state index contributed by atoms with van der Waals surface area (Å²) >= 11 is 3.31. The Labute approximate surface area is 124 Å². The van der Waals surface area contributed by atoms with Crippen molar-refractivity contribution in [3.05, 3.63) is 51.1 Å². The number of halogens is 1. The SMILES string of the molecule is CCNc1cc(Oc2cc([N+](=O)[O-])ccc2Br)ccn1. The molecule has 0 aliphatic carbocycles. The van der Waals surface area contributed by atoms with Crippen molar-refractivity contribution in [2.24, 2.45) is 0 Å². The Hall–Kier alpha value is -2.15. The van der Waals surface area contributed by atoms with Crippen LogP contribution in [-0.4, -0.2) is 16.5 Å². The molecule has 104 valence electrons. The van der Waals surface area contributed by atoms with Crippen molar-refractivity contribution in [3.63, 3.8) is 0 Å². The number of non-ortho nitro benzene ring substituents is 1. The molecule has 20 heavy (non-hydrogen) atoms. The van der Waals surface area contributed by atoms with Gasteiger partial charge in [0.05, 0.1) is 15.5 Å². The normalized spacial score (nSPS) is 10.1. The molecule has 0 bridgehead atoms. The summed E-state index contributed by atoms with van der Waals surface area (Å²) in [5.41, 5.74) is -0.0239. The number of anilines is 1. The van der Waals surface area contributed by atoms with Crippen LogP contribution in [0.25, 0.3) is 0 Å². The lowest BCUT2D eigenvalue weighted by Gasteiger charge is -2.09. The standard InChI is InChI=1S/C13H12BrN3O3/c1-2-15-13-8-10(5-6-16-13)20-12-7-9(17(18)19)3-4-11(12)14/h3-8H,2H2,1H3,(H,15,16). The first-order valence-corrected chi connectivity index (χ1v) is 6.71. The summed E-state index contributed by atoms with van der Waals surface area (Å²) in [7, 11) is 0. The van der Waals surface area contributed by atoms with Crippen molar-refractivity contribution in [1.82, 2.24) is 4.98 Å². The van der Waals surface area contributed by atoms with Gasteiger partial charge in [-0.3, -0.25) is 10.1 Å². The predicted molar refractivity (Wildman–Crippen MR) is 79.3 cm³/mol. The zero-order chi connectivity index (χ0) is 14.5. The summed E-state index contributed by atoms with van der Waals surface area (Å²) in [6.45, 7) is 2.71. The number of nitro groups is 1. The smallest absolute Gasteiger partial charge is 0.273 e. The van der Waals surface area contributed by atoms with E-state index in [0.717, 1.165) is 6.54 Å². The zero-order valence-electron chi connectivity index (χ0n) is 10.7. The van der Waals surface area contributed by atoms with Gasteiger partial charge >= 0.3 is 0 Å². The van der Waals surface area contributed by atoms with Crippen LogP contribution in [0.3, 0.4) is 0 Å². The Morgan fingerprint density at radius 1 is 1.40 bits per heavy atom. The maximum Gasteiger partial charge on any atom is 0.273 e. The molecule has 0 spiro atoms. The molecule has 1 aromatic carbocycles. The summed E-state index contributed by atoms with van der Waals surface area (Å²) < 4.78 is 6.30. The molecule has 2 rings (SSSR count). The molecular weight excluding hydrogens is 326 g/mol. The Balaban J connectivity index is 2.27. The van der Waals surface area contributed by atoms with Crippen LogP contribution in [-0.2, 0) is 0 Å². The Bertz CT molecular complexity index is 634. The van der Waals surface area contributed by atoms with E-state index in [2.05, 4.69) is 26.2 Å². The summed E-state index contributed by atoms with van der Waals surface area (Å²) in [6, 6.07) is 7.78. The van der Waals surface area contributed by atoms with Gasteiger partial charge in [-0.2, -0.15) is 0 Å². The summed E-state index contributed by atoms with van der Waals surface area (Å²) in [6.07, 6.45) is 1.61. The fraction of sp³-hybridized carbons (Fsp3) is 0.154. The lowest BCUT2D eigenvalue weighted by Crippen LogP contribution is -1.99. The molecular formula is C13H12BrN3O3. The van der Waals surface area contributed by atoms with Crippen molar-refractivity contribution >= 4 is 27.4 Å². The third kappa shape index (κ3) is 3.45. The van der Waals surface area contributed by atoms with Crippen LogP contribution in [0.1, 0.15) is 6.92 Å². The molecule has 0 amide bonds. The van der Waals surface area contributed by atoms with E-state index in [0.29, 0.717) is 21.8 Å². The number of aromatic nitrogens is 1. The van der Waals surface area contributed by atoms with Crippen LogP contribution < -0.4 is 10.1 Å². The molecule has 0 saturated carbocycles. The molecule has 0 radical (unpaired) electrons. The molecule has 6 nitrogen and oxygen atoms in total. The van der Waals surface area contributed by atoms with Crippen LogP contribution in [0.5, 0.6) is 11.5 Å². The lowest BCUT2D eigenvalue weighted by molar-refractivity contribution is -0.384. The molecule has 0 fully saturated rings. The van der Waals surface area contributed by atoms with Crippen molar-refractivity contribution < 1.29 is 9.66 Å². The number of benzene rings is 1. The second-order valence-corrected chi connectivity index (χ2v) is 4.74. The van der Waals surface area contributed by atoms with E-state index >= 15 is 0 Å². The highest BCUT2D eigenvalue weighted by molar-refractivity contribution is 9.10. The van der Waals surface area contributed by atoms with Crippen molar-refractivity contribution in [2.45, 2.75) is 6.92 Å². The number of nitrogens with zero attached hydrogens (tertiary/aromatic N) is 2. The largest absolute Gasteiger partial charge is 0.456 e. The average molecular weight is 338 g/mol. The van der Waals surface area contributed by atoms with Gasteiger partial charge in [0.1, 0.15) is 17.3 Å². The van der Waals surface area contributed by atoms with Gasteiger partial charge in [-0.05, 0) is 35.0 Å². The second kappa shape index (κ2) is 6.33. The van der Waals surface area contributed by atoms with E-state index in [9.17, 15) is 10.1 Å². The van der Waals surface area contributed by atoms with Crippen LogP contribution in [0.2, 0.25) is 0 Å². The topological polar surface area (TPSA) is 77.3 Å². The number of rotatable bonds is 5. The van der Waals surface area contributed by atoms with E-state index in [4.69, 9.17) is 4.74 Å². The monoisotopic (exact) mass is 337 g/mol. The second-order valence-electron chi connectivity index (χ2n) is 3.88. The minimum absolute atomic E-state index is 0.0239. The quantitative estimate of drug-likeness (QED) is 0.659. The highest BCUT2D eigenvalue weighted by Gasteiger charge is 2.11. The minimum atomic E-state index is -0.462. The third-order valence-electron chi connectivity index (χ3n) is 2.44. The van der Waals surface area contributed by atoms with E-state index in [1.165, 1.54) is 12.1 Å². The lowest BCUT2D eigenvalue weighted by atomic mass is 10.3. The molecule has 0 unspecified atom stereocenters. The highest BCUT2D eigenvalue weighted by Crippen LogP contribution is 2.33. The van der Waals surface area contributed by atoms with Gasteiger partial charge in [0.15, 0.2) is 0 Å². The molecule has 7 heteroatoms. The Morgan fingerprint density at radius 3 is 2.90 bits per heavy atom. The first-order chi connectivity index (χ1) is 9.60. The molecule has 2 aromatic rings. The molecule has 1 N–H and O–H groups in total. The number of ether oxygens (including phenoxy) is 1. The van der Waals surface area contributed by atoms with E-state index in [-0.39, 0.29) is 5.69 Å². The maximum atomic E-state index is 10.8. The Kier molecular flexibility index (Phi) is 4.52. The van der Waals surface area contributed by atoms with Gasteiger partial charge in [-0.15, -0.1) is 0 Å². The van der Waals surface area contributed by atoms with E-state index in [1.54, 1.807) is 24.4 Å². The van der Waals surface area contributed by atoms with Gasteiger partial charge in [-0.1, -0.05) is 0 Å². The van der Waals surface area contributed by atoms with Crippen LogP contribution >= 0.6 is 15.9 Å². The zero-order valence-corrected chi connectivity index (χ0v) is 12.3. The summed E-state index contributed by atoms with van der Waals surface area (Å²) in [5, 5.41) is 13.8. The number of hydrogen-bond acceptors (Lipinski definition) is 5. The molecule has 1 aromatic heterocycles. The van der Waals surface area contributed by atoms with Gasteiger partial charge in [-0.25, -0.2) is 4.98 Å². The van der Waals surface area contributed by atoms with E-state index in [1.807, 2.05) is 6.92 Å². The first-order valence-electron chi connectivity index (χ1n) is 5.92. The first kappa shape index (κ1) is 14.3. The summed E-state index contributed by atoms with van der Waals surface area (Å²) in [5.74, 6) is 1.62. The Morgan fingerprint density at radius 2 is 2.20 bits per heavy atom. The van der Waals surface area contributed by atoms with Crippen molar-refractivity contribution in [2.75, 3.05) is 11.9 Å². The average Bonchev–Trinajstić information content (AvgIpc) is 2.42. The number of hydrogen-bond donors (Lipinski definition) is 1. The van der Waals surface area contributed by atoms with Gasteiger partial charge < -0.3 is 10.1 Å². The minimum Gasteiger partial charge on any atom is -0.456 e. The number of nitro benzene ring substituents is 1. The molecule has 0 aliphatic heterocycles. The van der Waals surface area contributed by atoms with Gasteiger partial charge in [0.2, 0.25) is 0 Å². The molecule has 0 saturated heterocycles. The number of pyridine rings is 1. The molecule has 0 atom stereocenters. The van der Waals surface area contributed by atoms with E-state index < -0.39 is 4.92 Å². The van der Waals surface area contributed by atoms with Gasteiger partial charge in [0.25, 0.3) is 5.69 Å².